The van der Waals surface area contributed by atoms with Crippen LogP contribution in [0.3, 0.4) is 0 Å². The zero-order valence-corrected chi connectivity index (χ0v) is 17.4. The summed E-state index contributed by atoms with van der Waals surface area (Å²) in [6.07, 6.45) is -1.67. The van der Waals surface area contributed by atoms with E-state index in [0.29, 0.717) is 55.9 Å². The first-order chi connectivity index (χ1) is 14.7. The van der Waals surface area contributed by atoms with Crippen LogP contribution in [0.1, 0.15) is 62.6 Å². The minimum atomic E-state index is -4.34. The number of furan rings is 1. The molecule has 0 bridgehead atoms. The van der Waals surface area contributed by atoms with E-state index in [1.165, 1.54) is 12.1 Å². The molecule has 0 atom stereocenters. The number of hydrogen-bond acceptors (Lipinski definition) is 4. The van der Waals surface area contributed by atoms with E-state index in [1.807, 2.05) is 0 Å². The quantitative estimate of drug-likeness (QED) is 0.715. The molecular weight excluding hydrogens is 409 g/mol. The number of benzene rings is 1. The molecule has 8 heteroatoms. The molecule has 1 aromatic carbocycles. The van der Waals surface area contributed by atoms with Crippen LogP contribution in [0.4, 0.5) is 13.2 Å². The van der Waals surface area contributed by atoms with Crippen molar-refractivity contribution in [3.8, 4) is 0 Å². The van der Waals surface area contributed by atoms with Gasteiger partial charge in [-0.2, -0.15) is 13.2 Å². The lowest BCUT2D eigenvalue weighted by Crippen LogP contribution is -2.35. The second-order valence-electron chi connectivity index (χ2n) is 8.25. The molecule has 166 valence electrons. The molecule has 31 heavy (non-hydrogen) atoms. The van der Waals surface area contributed by atoms with Crippen molar-refractivity contribution in [1.29, 1.82) is 0 Å². The van der Waals surface area contributed by atoms with E-state index in [9.17, 15) is 22.8 Å². The van der Waals surface area contributed by atoms with Gasteiger partial charge in [-0.1, -0.05) is 12.1 Å². The molecule has 2 heterocycles. The van der Waals surface area contributed by atoms with Crippen LogP contribution in [0.5, 0.6) is 0 Å². The first kappa shape index (κ1) is 21.6. The minimum absolute atomic E-state index is 0.0418. The summed E-state index contributed by atoms with van der Waals surface area (Å²) < 4.78 is 44.0. The highest BCUT2D eigenvalue weighted by Gasteiger charge is 2.32. The molecule has 5 nitrogen and oxygen atoms in total. The minimum Gasteiger partial charge on any atom is -0.455 e. The number of halogens is 3. The third kappa shape index (κ3) is 4.54. The number of ketones is 1. The molecule has 0 N–H and O–H groups in total. The number of Topliss-reactive ketones (excluding diaryl/α,β-unsaturated/α-hetero) is 1. The van der Waals surface area contributed by atoms with Crippen molar-refractivity contribution in [3.63, 3.8) is 0 Å². The van der Waals surface area contributed by atoms with Crippen molar-refractivity contribution in [2.75, 3.05) is 26.2 Å². The number of amides is 1. The summed E-state index contributed by atoms with van der Waals surface area (Å²) in [5.74, 6) is 0.725. The van der Waals surface area contributed by atoms with Crippen LogP contribution < -0.4 is 0 Å². The molecule has 0 saturated carbocycles. The molecular formula is C23H25F3N2O3. The van der Waals surface area contributed by atoms with Crippen LogP contribution in [0, 0.1) is 6.92 Å². The Hall–Kier alpha value is -2.61. The normalized spacial score (nSPS) is 18.1. The zero-order chi connectivity index (χ0) is 22.2. The van der Waals surface area contributed by atoms with Gasteiger partial charge in [-0.25, -0.2) is 0 Å². The van der Waals surface area contributed by atoms with Gasteiger partial charge in [0.1, 0.15) is 5.76 Å². The summed E-state index contributed by atoms with van der Waals surface area (Å²) in [7, 11) is 0. The summed E-state index contributed by atoms with van der Waals surface area (Å²) in [6, 6.07) is 5.21. The predicted octanol–water partition coefficient (Wildman–Crippen LogP) is 4.47. The smallest absolute Gasteiger partial charge is 0.416 e. The molecule has 4 rings (SSSR count). The Morgan fingerprint density at radius 1 is 1.03 bits per heavy atom. The van der Waals surface area contributed by atoms with E-state index in [4.69, 9.17) is 4.42 Å². The van der Waals surface area contributed by atoms with Crippen LogP contribution in [0.15, 0.2) is 28.7 Å². The molecule has 1 amide bonds. The van der Waals surface area contributed by atoms with Crippen molar-refractivity contribution in [2.24, 2.45) is 0 Å². The van der Waals surface area contributed by atoms with Gasteiger partial charge in [0, 0.05) is 51.1 Å². The highest BCUT2D eigenvalue weighted by Crippen LogP contribution is 2.31. The first-order valence-corrected chi connectivity index (χ1v) is 10.6. The maximum Gasteiger partial charge on any atom is 0.416 e. The van der Waals surface area contributed by atoms with Gasteiger partial charge in [-0.05, 0) is 37.5 Å². The number of nitrogens with zero attached hydrogens (tertiary/aromatic N) is 2. The Kier molecular flexibility index (Phi) is 5.92. The Labute approximate surface area is 178 Å². The van der Waals surface area contributed by atoms with Crippen molar-refractivity contribution in [1.82, 2.24) is 9.80 Å². The molecule has 1 fully saturated rings. The summed E-state index contributed by atoms with van der Waals surface area (Å²) in [5, 5.41) is 0. The van der Waals surface area contributed by atoms with E-state index in [1.54, 1.807) is 11.8 Å². The Bertz CT molecular complexity index is 979. The van der Waals surface area contributed by atoms with E-state index in [0.717, 1.165) is 37.1 Å². The Balaban J connectivity index is 1.40. The third-order valence-corrected chi connectivity index (χ3v) is 6.06. The zero-order valence-electron chi connectivity index (χ0n) is 17.4. The largest absolute Gasteiger partial charge is 0.455 e. The third-order valence-electron chi connectivity index (χ3n) is 6.06. The lowest BCUT2D eigenvalue weighted by Gasteiger charge is -2.22. The number of fused-ring (bicyclic) bond motifs is 1. The Morgan fingerprint density at radius 2 is 1.77 bits per heavy atom. The van der Waals surface area contributed by atoms with Gasteiger partial charge in [-0.3, -0.25) is 14.5 Å². The van der Waals surface area contributed by atoms with Crippen LogP contribution in [0.2, 0.25) is 0 Å². The van der Waals surface area contributed by atoms with Gasteiger partial charge < -0.3 is 9.32 Å². The number of carbonyl (C=O) groups excluding carboxylic acids is 2. The lowest BCUT2D eigenvalue weighted by molar-refractivity contribution is -0.137. The van der Waals surface area contributed by atoms with Crippen molar-refractivity contribution in [2.45, 2.75) is 45.3 Å². The summed E-state index contributed by atoms with van der Waals surface area (Å²) in [5.41, 5.74) is 1.36. The fourth-order valence-corrected chi connectivity index (χ4v) is 4.39. The number of aryl methyl sites for hydroxylation is 1. The predicted molar refractivity (Wildman–Crippen MR) is 108 cm³/mol. The number of rotatable bonds is 3. The standard InChI is InChI=1S/C23H25F3N2O3/c1-15-20-18(29)4-2-5-19(20)31-21(15)22(30)28-11-3-10-27(12-13-28)14-16-6-8-17(9-7-16)23(24,25)26/h6-9H,2-5,10-14H2,1H3. The molecule has 1 saturated heterocycles. The maximum absolute atomic E-state index is 13.1. The van der Waals surface area contributed by atoms with E-state index < -0.39 is 11.7 Å². The van der Waals surface area contributed by atoms with Crippen molar-refractivity contribution >= 4 is 11.7 Å². The lowest BCUT2D eigenvalue weighted by atomic mass is 9.94. The van der Waals surface area contributed by atoms with Crippen LogP contribution in [-0.4, -0.2) is 47.7 Å². The van der Waals surface area contributed by atoms with Gasteiger partial charge in [0.25, 0.3) is 5.91 Å². The Morgan fingerprint density at radius 3 is 2.45 bits per heavy atom. The van der Waals surface area contributed by atoms with Crippen LogP contribution in [0.25, 0.3) is 0 Å². The average Bonchev–Trinajstić information content (AvgIpc) is 2.91. The maximum atomic E-state index is 13.1. The summed E-state index contributed by atoms with van der Waals surface area (Å²) >= 11 is 0. The monoisotopic (exact) mass is 434 g/mol. The SMILES string of the molecule is Cc1c(C(=O)N2CCCN(Cc3ccc(C(F)(F)F)cc3)CC2)oc2c1C(=O)CCC2. The molecule has 2 aromatic rings. The second kappa shape index (κ2) is 8.49. The van der Waals surface area contributed by atoms with Crippen LogP contribution >= 0.6 is 0 Å². The molecule has 0 spiro atoms. The van der Waals surface area contributed by atoms with Gasteiger partial charge in [0.05, 0.1) is 11.1 Å². The first-order valence-electron chi connectivity index (χ1n) is 10.6. The van der Waals surface area contributed by atoms with E-state index >= 15 is 0 Å². The molecule has 0 unspecified atom stereocenters. The second-order valence-corrected chi connectivity index (χ2v) is 8.25. The van der Waals surface area contributed by atoms with Crippen molar-refractivity contribution < 1.29 is 27.2 Å². The molecule has 1 aliphatic carbocycles. The van der Waals surface area contributed by atoms with Gasteiger partial charge in [0.15, 0.2) is 11.5 Å². The van der Waals surface area contributed by atoms with Gasteiger partial charge >= 0.3 is 6.18 Å². The van der Waals surface area contributed by atoms with Gasteiger partial charge in [0.2, 0.25) is 0 Å². The topological polar surface area (TPSA) is 53.8 Å². The fourth-order valence-electron chi connectivity index (χ4n) is 4.39. The molecule has 1 aromatic heterocycles. The fraction of sp³-hybridized carbons (Fsp3) is 0.478. The summed E-state index contributed by atoms with van der Waals surface area (Å²) in [6.45, 7) is 4.73. The molecule has 2 aliphatic rings. The highest BCUT2D eigenvalue weighted by atomic mass is 19.4. The van der Waals surface area contributed by atoms with Gasteiger partial charge in [-0.15, -0.1) is 0 Å². The summed E-state index contributed by atoms with van der Waals surface area (Å²) in [4.78, 5) is 29.2. The molecule has 0 radical (unpaired) electrons. The average molecular weight is 434 g/mol. The molecule has 1 aliphatic heterocycles. The number of hydrogen-bond donors (Lipinski definition) is 0. The highest BCUT2D eigenvalue weighted by molar-refractivity contribution is 6.03. The van der Waals surface area contributed by atoms with E-state index in [-0.39, 0.29) is 17.5 Å². The van der Waals surface area contributed by atoms with E-state index in [2.05, 4.69) is 4.90 Å². The number of alkyl halides is 3. The van der Waals surface area contributed by atoms with Crippen molar-refractivity contribution in [3.05, 3.63) is 58.0 Å². The number of carbonyl (C=O) groups is 2. The van der Waals surface area contributed by atoms with Crippen LogP contribution in [-0.2, 0) is 19.1 Å².